The highest BCUT2D eigenvalue weighted by molar-refractivity contribution is 7.15. The Morgan fingerprint density at radius 2 is 2.24 bits per heavy atom. The van der Waals surface area contributed by atoms with E-state index in [0.717, 1.165) is 16.6 Å². The van der Waals surface area contributed by atoms with Gasteiger partial charge in [0, 0.05) is 12.7 Å². The Morgan fingerprint density at radius 1 is 1.41 bits per heavy atom. The Morgan fingerprint density at radius 3 is 3.00 bits per heavy atom. The molecule has 0 unspecified atom stereocenters. The Balaban J connectivity index is 1.95. The molecular formula is C12H13FN2OS. The minimum absolute atomic E-state index is 0.269. The molecule has 2 rings (SSSR count). The van der Waals surface area contributed by atoms with E-state index >= 15 is 0 Å². The quantitative estimate of drug-likeness (QED) is 0.886. The Kier molecular flexibility index (Phi) is 3.93. The van der Waals surface area contributed by atoms with Gasteiger partial charge in [-0.05, 0) is 19.1 Å². The molecule has 0 saturated heterocycles. The molecule has 0 saturated carbocycles. The first-order valence-electron chi connectivity index (χ1n) is 5.35. The summed E-state index contributed by atoms with van der Waals surface area (Å²) in [6, 6.07) is 6.38. The van der Waals surface area contributed by atoms with Crippen LogP contribution in [0.15, 0.2) is 30.5 Å². The second-order valence-electron chi connectivity index (χ2n) is 3.38. The highest BCUT2D eigenvalue weighted by atomic mass is 32.1. The van der Waals surface area contributed by atoms with E-state index in [1.165, 1.54) is 17.4 Å². The molecule has 2 aromatic rings. The highest BCUT2D eigenvalue weighted by Gasteiger charge is 2.04. The topological polar surface area (TPSA) is 34.2 Å². The van der Waals surface area contributed by atoms with Crippen molar-refractivity contribution in [3.05, 3.63) is 41.2 Å². The van der Waals surface area contributed by atoms with E-state index in [1.54, 1.807) is 24.4 Å². The number of hydrogen-bond donors (Lipinski definition) is 1. The molecule has 1 aromatic carbocycles. The lowest BCUT2D eigenvalue weighted by atomic mass is 10.3. The summed E-state index contributed by atoms with van der Waals surface area (Å²) in [6.45, 7) is 3.18. The van der Waals surface area contributed by atoms with Crippen LogP contribution in [-0.2, 0) is 6.61 Å². The highest BCUT2D eigenvalue weighted by Crippen LogP contribution is 2.21. The lowest BCUT2D eigenvalue weighted by Gasteiger charge is -2.04. The minimum Gasteiger partial charge on any atom is -0.485 e. The van der Waals surface area contributed by atoms with Crippen LogP contribution in [0, 0.1) is 5.82 Å². The van der Waals surface area contributed by atoms with Gasteiger partial charge in [0.25, 0.3) is 0 Å². The van der Waals surface area contributed by atoms with Crippen molar-refractivity contribution in [2.45, 2.75) is 13.5 Å². The number of hydrogen-bond acceptors (Lipinski definition) is 4. The van der Waals surface area contributed by atoms with Crippen LogP contribution < -0.4 is 10.1 Å². The first kappa shape index (κ1) is 11.9. The van der Waals surface area contributed by atoms with Crippen molar-refractivity contribution in [1.29, 1.82) is 0 Å². The van der Waals surface area contributed by atoms with Gasteiger partial charge in [0.05, 0.1) is 4.88 Å². The first-order chi connectivity index (χ1) is 8.29. The molecule has 5 heteroatoms. The number of aromatic nitrogens is 1. The second kappa shape index (κ2) is 5.63. The van der Waals surface area contributed by atoms with Gasteiger partial charge >= 0.3 is 0 Å². The van der Waals surface area contributed by atoms with Crippen molar-refractivity contribution in [3.63, 3.8) is 0 Å². The summed E-state index contributed by atoms with van der Waals surface area (Å²) in [5, 5.41) is 3.98. The molecule has 90 valence electrons. The third-order valence-electron chi connectivity index (χ3n) is 2.09. The zero-order chi connectivity index (χ0) is 12.1. The van der Waals surface area contributed by atoms with Crippen molar-refractivity contribution < 1.29 is 9.13 Å². The molecule has 0 spiro atoms. The van der Waals surface area contributed by atoms with Crippen molar-refractivity contribution in [3.8, 4) is 5.75 Å². The lowest BCUT2D eigenvalue weighted by Crippen LogP contribution is -1.95. The van der Waals surface area contributed by atoms with Crippen molar-refractivity contribution >= 4 is 16.5 Å². The summed E-state index contributed by atoms with van der Waals surface area (Å²) in [5.41, 5.74) is 0. The number of thiazole rings is 1. The molecule has 0 fully saturated rings. The van der Waals surface area contributed by atoms with Gasteiger partial charge in [-0.25, -0.2) is 9.37 Å². The number of halogens is 1. The van der Waals surface area contributed by atoms with Gasteiger partial charge in [0.15, 0.2) is 16.7 Å². The van der Waals surface area contributed by atoms with E-state index in [-0.39, 0.29) is 11.6 Å². The fourth-order valence-electron chi connectivity index (χ4n) is 1.32. The summed E-state index contributed by atoms with van der Waals surface area (Å²) >= 11 is 1.51. The van der Waals surface area contributed by atoms with Gasteiger partial charge in [-0.1, -0.05) is 23.5 Å². The summed E-state index contributed by atoms with van der Waals surface area (Å²) < 4.78 is 18.7. The van der Waals surface area contributed by atoms with Crippen molar-refractivity contribution in [1.82, 2.24) is 4.98 Å². The molecular weight excluding hydrogens is 239 g/mol. The average Bonchev–Trinajstić information content (AvgIpc) is 2.76. The largest absolute Gasteiger partial charge is 0.485 e. The van der Waals surface area contributed by atoms with Crippen LogP contribution in [0.25, 0.3) is 0 Å². The molecule has 17 heavy (non-hydrogen) atoms. The summed E-state index contributed by atoms with van der Waals surface area (Å²) in [5.74, 6) is -0.0742. The molecule has 0 aliphatic rings. The first-order valence-corrected chi connectivity index (χ1v) is 6.17. The van der Waals surface area contributed by atoms with E-state index in [0.29, 0.717) is 6.61 Å². The molecule has 0 amide bonds. The number of benzene rings is 1. The van der Waals surface area contributed by atoms with Gasteiger partial charge in [0.1, 0.15) is 6.61 Å². The van der Waals surface area contributed by atoms with Gasteiger partial charge in [-0.2, -0.15) is 0 Å². The normalized spacial score (nSPS) is 10.2. The number of anilines is 1. The Labute approximate surface area is 103 Å². The Hall–Kier alpha value is -1.62. The zero-order valence-electron chi connectivity index (χ0n) is 9.44. The molecule has 3 nitrogen and oxygen atoms in total. The van der Waals surface area contributed by atoms with E-state index in [1.807, 2.05) is 6.92 Å². The van der Waals surface area contributed by atoms with E-state index < -0.39 is 0 Å². The second-order valence-corrected chi connectivity index (χ2v) is 4.50. The maximum absolute atomic E-state index is 13.3. The number of para-hydroxylation sites is 1. The van der Waals surface area contributed by atoms with Crippen molar-refractivity contribution in [2.75, 3.05) is 11.9 Å². The number of rotatable bonds is 5. The number of nitrogens with one attached hydrogen (secondary N) is 1. The third-order valence-corrected chi connectivity index (χ3v) is 3.02. The Bertz CT molecular complexity index is 487. The van der Waals surface area contributed by atoms with Crippen LogP contribution in [0.1, 0.15) is 11.8 Å². The summed E-state index contributed by atoms with van der Waals surface area (Å²) in [6.07, 6.45) is 1.74. The maximum Gasteiger partial charge on any atom is 0.182 e. The molecule has 1 N–H and O–H groups in total. The van der Waals surface area contributed by atoms with Crippen LogP contribution in [0.5, 0.6) is 5.75 Å². The van der Waals surface area contributed by atoms with Gasteiger partial charge < -0.3 is 10.1 Å². The van der Waals surface area contributed by atoms with Gasteiger partial charge in [-0.3, -0.25) is 0 Å². The lowest BCUT2D eigenvalue weighted by molar-refractivity contribution is 0.293. The van der Waals surface area contributed by atoms with E-state index in [4.69, 9.17) is 4.74 Å². The van der Waals surface area contributed by atoms with Gasteiger partial charge in [-0.15, -0.1) is 0 Å². The van der Waals surface area contributed by atoms with Crippen LogP contribution >= 0.6 is 11.3 Å². The fourth-order valence-corrected chi connectivity index (χ4v) is 2.11. The number of ether oxygens (including phenoxy) is 1. The standard InChI is InChI=1S/C12H13FN2OS/c1-2-14-12-15-7-9(17-12)8-16-11-6-4-3-5-10(11)13/h3-7H,2,8H2,1H3,(H,14,15). The average molecular weight is 252 g/mol. The van der Waals surface area contributed by atoms with Crippen LogP contribution in [0.4, 0.5) is 9.52 Å². The molecule has 0 radical (unpaired) electrons. The fraction of sp³-hybridized carbons (Fsp3) is 0.250. The summed E-state index contributed by atoms with van der Waals surface area (Å²) in [7, 11) is 0. The number of nitrogens with zero attached hydrogens (tertiary/aromatic N) is 1. The van der Waals surface area contributed by atoms with Gasteiger partial charge in [0.2, 0.25) is 0 Å². The molecule has 0 bridgehead atoms. The summed E-state index contributed by atoms with van der Waals surface area (Å²) in [4.78, 5) is 5.14. The van der Waals surface area contributed by atoms with E-state index in [9.17, 15) is 4.39 Å². The third kappa shape index (κ3) is 3.17. The maximum atomic E-state index is 13.3. The predicted octanol–water partition coefficient (Wildman–Crippen LogP) is 3.29. The van der Waals surface area contributed by atoms with Crippen LogP contribution in [0.3, 0.4) is 0 Å². The molecule has 0 atom stereocenters. The minimum atomic E-state index is -0.344. The monoisotopic (exact) mass is 252 g/mol. The van der Waals surface area contributed by atoms with Crippen molar-refractivity contribution in [2.24, 2.45) is 0 Å². The molecule has 1 heterocycles. The van der Waals surface area contributed by atoms with E-state index in [2.05, 4.69) is 10.3 Å². The molecule has 0 aliphatic heterocycles. The zero-order valence-corrected chi connectivity index (χ0v) is 10.3. The molecule has 0 aliphatic carbocycles. The predicted molar refractivity (Wildman–Crippen MR) is 67.0 cm³/mol. The van der Waals surface area contributed by atoms with Crippen LogP contribution in [0.2, 0.25) is 0 Å². The van der Waals surface area contributed by atoms with Crippen LogP contribution in [-0.4, -0.2) is 11.5 Å². The molecule has 1 aromatic heterocycles. The SMILES string of the molecule is CCNc1ncc(COc2ccccc2F)s1. The smallest absolute Gasteiger partial charge is 0.182 e.